The molecule has 49 heavy (non-hydrogen) atoms. The van der Waals surface area contributed by atoms with Crippen molar-refractivity contribution >= 4 is 0 Å². The zero-order valence-corrected chi connectivity index (χ0v) is 33.6. The Morgan fingerprint density at radius 3 is 1.90 bits per heavy atom. The maximum atomic E-state index is 11.6. The molecule has 1 N–H and O–H groups in total. The standard InChI is InChI=1S/C39H45N2O6.2HI/c1-40(2)16-14-26-21-34(44-6)36-22-29(26)31(40)19-25-10-13-33(43-5)35(20-25)46-27-11-8-24(9-12-27)18-32-30-23-37(45-7)38(42)39(47-36)28(30)15-17-41(32,3)4;;/h8-13,20-23,31-32H,14-19H2,1-7H3;2*1H/q+1;;/p-1. The molecule has 0 spiro atoms. The summed E-state index contributed by atoms with van der Waals surface area (Å²) in [6.07, 6.45) is 3.27. The number of hydrogen-bond donors (Lipinski definition) is 1. The van der Waals surface area contributed by atoms with E-state index < -0.39 is 0 Å². The van der Waals surface area contributed by atoms with Crippen molar-refractivity contribution in [1.29, 1.82) is 0 Å². The summed E-state index contributed by atoms with van der Waals surface area (Å²) in [5, 5.41) is 11.6. The molecule has 0 amide bonds. The molecular weight excluding hydrogens is 846 g/mol. The number of benzene rings is 4. The van der Waals surface area contributed by atoms with Crippen LogP contribution in [0.2, 0.25) is 0 Å². The van der Waals surface area contributed by atoms with Gasteiger partial charge in [0.15, 0.2) is 34.5 Å². The van der Waals surface area contributed by atoms with Crippen LogP contribution in [-0.4, -0.2) is 76.7 Å². The number of fused-ring (bicyclic) bond motifs is 2. The molecule has 4 aliphatic rings. The highest BCUT2D eigenvalue weighted by Crippen LogP contribution is 2.51. The summed E-state index contributed by atoms with van der Waals surface area (Å²) in [4.78, 5) is 0. The minimum absolute atomic E-state index is 0. The minimum atomic E-state index is 0. The number of ether oxygens (including phenoxy) is 5. The molecule has 0 aromatic heterocycles. The molecule has 0 saturated carbocycles. The van der Waals surface area contributed by atoms with Crippen LogP contribution in [0.3, 0.4) is 0 Å². The second-order valence-corrected chi connectivity index (χ2v) is 14.3. The van der Waals surface area contributed by atoms with Crippen LogP contribution in [0.15, 0.2) is 60.7 Å². The van der Waals surface area contributed by atoms with Gasteiger partial charge in [-0.15, -0.1) is 0 Å². The average molecular weight is 893 g/mol. The Morgan fingerprint density at radius 1 is 0.633 bits per heavy atom. The third-order valence-electron chi connectivity index (χ3n) is 10.8. The first-order valence-electron chi connectivity index (χ1n) is 16.4. The first-order valence-corrected chi connectivity index (χ1v) is 16.4. The van der Waals surface area contributed by atoms with E-state index in [1.54, 1.807) is 21.3 Å². The summed E-state index contributed by atoms with van der Waals surface area (Å²) in [5.41, 5.74) is 6.96. The number of halogens is 2. The van der Waals surface area contributed by atoms with Crippen LogP contribution in [0.5, 0.6) is 46.0 Å². The van der Waals surface area contributed by atoms with Gasteiger partial charge in [-0.25, -0.2) is 0 Å². The predicted molar refractivity (Wildman–Crippen MR) is 181 cm³/mol. The molecule has 10 bridgehead atoms. The van der Waals surface area contributed by atoms with Crippen LogP contribution < -0.4 is 71.6 Å². The van der Waals surface area contributed by atoms with E-state index in [4.69, 9.17) is 23.7 Å². The third-order valence-corrected chi connectivity index (χ3v) is 10.8. The molecule has 0 saturated heterocycles. The largest absolute Gasteiger partial charge is 1.00 e. The Bertz CT molecular complexity index is 1840. The fourth-order valence-corrected chi connectivity index (χ4v) is 7.78. The highest BCUT2D eigenvalue weighted by atomic mass is 127. The van der Waals surface area contributed by atoms with Crippen molar-refractivity contribution < 1.29 is 85.7 Å². The lowest BCUT2D eigenvalue weighted by atomic mass is 9.86. The van der Waals surface area contributed by atoms with Crippen LogP contribution in [0.1, 0.15) is 45.5 Å². The van der Waals surface area contributed by atoms with Gasteiger partial charge in [0.25, 0.3) is 0 Å². The van der Waals surface area contributed by atoms with E-state index in [0.29, 0.717) is 34.5 Å². The van der Waals surface area contributed by atoms with Gasteiger partial charge in [-0.3, -0.25) is 0 Å². The lowest BCUT2D eigenvalue weighted by Gasteiger charge is -2.43. The molecule has 4 aliphatic heterocycles. The van der Waals surface area contributed by atoms with Gasteiger partial charge in [0.1, 0.15) is 17.8 Å². The number of phenols is 1. The van der Waals surface area contributed by atoms with E-state index in [2.05, 4.69) is 64.6 Å². The molecular formula is C39H46I2N2O6. The normalized spacial score (nSPS) is 19.7. The van der Waals surface area contributed by atoms with Gasteiger partial charge in [0, 0.05) is 42.4 Å². The highest BCUT2D eigenvalue weighted by Gasteiger charge is 2.41. The first-order chi connectivity index (χ1) is 22.5. The number of hydrogen-bond acceptors (Lipinski definition) is 6. The minimum Gasteiger partial charge on any atom is -1.00 e. The second-order valence-electron chi connectivity index (χ2n) is 14.3. The summed E-state index contributed by atoms with van der Waals surface area (Å²) in [7, 11) is 14.1. The molecule has 262 valence electrons. The molecule has 2 atom stereocenters. The lowest BCUT2D eigenvalue weighted by molar-refractivity contribution is -0.923. The van der Waals surface area contributed by atoms with Crippen LogP contribution in [0.25, 0.3) is 0 Å². The fourth-order valence-electron chi connectivity index (χ4n) is 7.78. The van der Waals surface area contributed by atoms with Crippen molar-refractivity contribution in [3.05, 3.63) is 94.0 Å². The van der Waals surface area contributed by atoms with Crippen molar-refractivity contribution in [2.75, 3.05) is 62.6 Å². The molecule has 8 rings (SSSR count). The van der Waals surface area contributed by atoms with Gasteiger partial charge in [0.05, 0.1) is 62.6 Å². The second kappa shape index (κ2) is 14.4. The van der Waals surface area contributed by atoms with E-state index >= 15 is 0 Å². The average Bonchev–Trinajstić information content (AvgIpc) is 3.05. The van der Waals surface area contributed by atoms with Gasteiger partial charge < -0.3 is 85.7 Å². The smallest absolute Gasteiger partial charge is 0.201 e. The fraction of sp³-hybridized carbons (Fsp3) is 0.385. The van der Waals surface area contributed by atoms with Crippen molar-refractivity contribution in [3.8, 4) is 46.0 Å². The van der Waals surface area contributed by atoms with Crippen LogP contribution in [-0.2, 0) is 25.7 Å². The molecule has 0 radical (unpaired) electrons. The number of aromatic hydroxyl groups is 1. The van der Waals surface area contributed by atoms with Crippen LogP contribution >= 0.6 is 0 Å². The maximum Gasteiger partial charge on any atom is 0.201 e. The van der Waals surface area contributed by atoms with Gasteiger partial charge in [-0.1, -0.05) is 18.2 Å². The number of likely N-dealkylation sites (N-methyl/N-ethyl adjacent to an activating group) is 2. The van der Waals surface area contributed by atoms with E-state index in [1.165, 1.54) is 16.7 Å². The van der Waals surface area contributed by atoms with Crippen LogP contribution in [0, 0.1) is 0 Å². The topological polar surface area (TPSA) is 66.4 Å². The van der Waals surface area contributed by atoms with E-state index in [9.17, 15) is 5.11 Å². The van der Waals surface area contributed by atoms with Crippen molar-refractivity contribution in [2.24, 2.45) is 0 Å². The molecule has 0 aliphatic carbocycles. The van der Waals surface area contributed by atoms with Crippen LogP contribution in [0.4, 0.5) is 0 Å². The predicted octanol–water partition coefficient (Wildman–Crippen LogP) is 1.16. The van der Waals surface area contributed by atoms with E-state index in [-0.39, 0.29) is 65.8 Å². The highest BCUT2D eigenvalue weighted by molar-refractivity contribution is 5.62. The van der Waals surface area contributed by atoms with Crippen molar-refractivity contribution in [1.82, 2.24) is 0 Å². The van der Waals surface area contributed by atoms with Gasteiger partial charge >= 0.3 is 0 Å². The molecule has 2 unspecified atom stereocenters. The Morgan fingerprint density at radius 2 is 1.22 bits per heavy atom. The Kier molecular flexibility index (Phi) is 10.9. The SMILES string of the molecule is COc1ccc2cc1Oc1ccc(cc1)CC1c3cc(OC)c(O)c(c3CC[N+]1(C)C)Oc1cc3c(cc1OC)CC[N+](C)(C)C3C2.[I-].[I-]. The molecule has 8 nitrogen and oxygen atoms in total. The summed E-state index contributed by atoms with van der Waals surface area (Å²) in [6.45, 7) is 1.89. The number of nitrogens with zero attached hydrogens (tertiary/aromatic N) is 2. The summed E-state index contributed by atoms with van der Waals surface area (Å²) >= 11 is 0. The lowest BCUT2D eigenvalue weighted by Crippen LogP contribution is -3.00. The summed E-state index contributed by atoms with van der Waals surface area (Å²) < 4.78 is 32.3. The molecule has 4 aromatic rings. The quantitative estimate of drug-likeness (QED) is 0.247. The first kappa shape index (κ1) is 37.3. The Hall–Kier alpha value is -2.94. The monoisotopic (exact) mass is 892 g/mol. The number of quaternary nitrogens is 2. The van der Waals surface area contributed by atoms with E-state index in [1.807, 2.05) is 24.3 Å². The number of rotatable bonds is 3. The zero-order chi connectivity index (χ0) is 33.1. The third kappa shape index (κ3) is 6.90. The Labute approximate surface area is 324 Å². The molecule has 10 heteroatoms. The number of phenolic OH excluding ortho intramolecular Hbond substituents is 1. The molecule has 0 fully saturated rings. The summed E-state index contributed by atoms with van der Waals surface area (Å²) in [6, 6.07) is 21.1. The number of methoxy groups -OCH3 is 3. The zero-order valence-electron chi connectivity index (χ0n) is 29.3. The van der Waals surface area contributed by atoms with Crippen molar-refractivity contribution in [3.63, 3.8) is 0 Å². The molecule has 4 aromatic carbocycles. The van der Waals surface area contributed by atoms with Gasteiger partial charge in [0.2, 0.25) is 5.75 Å². The maximum absolute atomic E-state index is 11.6. The van der Waals surface area contributed by atoms with Crippen molar-refractivity contribution in [2.45, 2.75) is 37.8 Å². The van der Waals surface area contributed by atoms with Gasteiger partial charge in [-0.2, -0.15) is 0 Å². The van der Waals surface area contributed by atoms with E-state index in [0.717, 1.165) is 70.2 Å². The summed E-state index contributed by atoms with van der Waals surface area (Å²) in [5.74, 6) is 4.27. The Balaban J connectivity index is 0.00000234. The van der Waals surface area contributed by atoms with Gasteiger partial charge in [-0.05, 0) is 59.2 Å². The molecule has 4 heterocycles.